The summed E-state index contributed by atoms with van der Waals surface area (Å²) in [5, 5.41) is 0. The Morgan fingerprint density at radius 1 is 1.62 bits per heavy atom. The number of carbonyl (C=O) groups is 1. The summed E-state index contributed by atoms with van der Waals surface area (Å²) in [6, 6.07) is 0. The van der Waals surface area contributed by atoms with Gasteiger partial charge in [-0.3, -0.25) is 4.79 Å². The number of ether oxygens (including phenoxy) is 1. The van der Waals surface area contributed by atoms with E-state index in [1.54, 1.807) is 0 Å². The summed E-state index contributed by atoms with van der Waals surface area (Å²) < 4.78 is 5.10. The van der Waals surface area contributed by atoms with Crippen LogP contribution >= 0.6 is 0 Å². The average molecular weight is 182 g/mol. The molecule has 2 fully saturated rings. The van der Waals surface area contributed by atoms with Crippen molar-refractivity contribution in [3.05, 3.63) is 0 Å². The molecule has 2 rings (SSSR count). The normalized spacial score (nSPS) is 47.2. The Morgan fingerprint density at radius 3 is 2.69 bits per heavy atom. The third-order valence-electron chi connectivity index (χ3n) is 4.01. The van der Waals surface area contributed by atoms with Gasteiger partial charge in [0.2, 0.25) is 0 Å². The second-order valence-corrected chi connectivity index (χ2v) is 4.83. The predicted octanol–water partition coefficient (Wildman–Crippen LogP) is 2.23. The lowest BCUT2D eigenvalue weighted by molar-refractivity contribution is -0.150. The van der Waals surface area contributed by atoms with E-state index in [-0.39, 0.29) is 11.9 Å². The van der Waals surface area contributed by atoms with Crippen molar-refractivity contribution in [2.24, 2.45) is 23.2 Å². The first-order valence-corrected chi connectivity index (χ1v) is 5.26. The van der Waals surface area contributed by atoms with E-state index in [1.165, 1.54) is 6.42 Å². The minimum absolute atomic E-state index is 0.0388. The molecule has 4 atom stereocenters. The smallest absolute Gasteiger partial charge is 0.309 e. The van der Waals surface area contributed by atoms with E-state index in [2.05, 4.69) is 13.8 Å². The van der Waals surface area contributed by atoms with Gasteiger partial charge in [0, 0.05) is 0 Å². The highest BCUT2D eigenvalue weighted by Gasteiger charge is 2.64. The van der Waals surface area contributed by atoms with Gasteiger partial charge in [0.25, 0.3) is 0 Å². The number of hydrogen-bond donors (Lipinski definition) is 0. The Labute approximate surface area is 79.7 Å². The predicted molar refractivity (Wildman–Crippen MR) is 50.1 cm³/mol. The summed E-state index contributed by atoms with van der Waals surface area (Å²) in [7, 11) is 0. The standard InChI is InChI=1S/C11H18O2/c1-4-13-10(12)8-5-7(2)9-6-11(8,9)3/h7-9H,4-6H2,1-3H3/t7?,8-,9-,11+/m0/s1. The lowest BCUT2D eigenvalue weighted by Crippen LogP contribution is -2.23. The van der Waals surface area contributed by atoms with Crippen molar-refractivity contribution < 1.29 is 9.53 Å². The molecule has 0 spiro atoms. The lowest BCUT2D eigenvalue weighted by atomic mass is 9.91. The van der Waals surface area contributed by atoms with Gasteiger partial charge in [0.05, 0.1) is 12.5 Å². The minimum Gasteiger partial charge on any atom is -0.466 e. The first-order chi connectivity index (χ1) is 6.09. The van der Waals surface area contributed by atoms with Gasteiger partial charge in [0.15, 0.2) is 0 Å². The number of esters is 1. The van der Waals surface area contributed by atoms with E-state index in [4.69, 9.17) is 4.74 Å². The Kier molecular flexibility index (Phi) is 1.90. The summed E-state index contributed by atoms with van der Waals surface area (Å²) in [6.07, 6.45) is 2.28. The zero-order valence-electron chi connectivity index (χ0n) is 8.67. The summed E-state index contributed by atoms with van der Waals surface area (Å²) >= 11 is 0. The second kappa shape index (κ2) is 2.73. The highest BCUT2D eigenvalue weighted by atomic mass is 16.5. The van der Waals surface area contributed by atoms with Crippen LogP contribution in [-0.2, 0) is 9.53 Å². The van der Waals surface area contributed by atoms with Crippen molar-refractivity contribution in [3.8, 4) is 0 Å². The fourth-order valence-electron chi connectivity index (χ4n) is 3.08. The largest absolute Gasteiger partial charge is 0.466 e. The molecule has 0 saturated heterocycles. The molecule has 74 valence electrons. The molecule has 0 aromatic heterocycles. The van der Waals surface area contributed by atoms with Gasteiger partial charge in [-0.15, -0.1) is 0 Å². The van der Waals surface area contributed by atoms with Crippen LogP contribution in [0.5, 0.6) is 0 Å². The molecule has 2 heteroatoms. The first-order valence-electron chi connectivity index (χ1n) is 5.26. The van der Waals surface area contributed by atoms with Crippen LogP contribution in [0.3, 0.4) is 0 Å². The Hall–Kier alpha value is -0.530. The topological polar surface area (TPSA) is 26.3 Å². The van der Waals surface area contributed by atoms with Gasteiger partial charge in [-0.1, -0.05) is 13.8 Å². The molecular weight excluding hydrogens is 164 g/mol. The Bertz CT molecular complexity index is 236. The minimum atomic E-state index is 0.0388. The zero-order valence-corrected chi connectivity index (χ0v) is 8.67. The molecule has 0 aromatic rings. The molecule has 2 aliphatic rings. The molecule has 1 unspecified atom stereocenters. The Balaban J connectivity index is 2.05. The third kappa shape index (κ3) is 1.18. The monoisotopic (exact) mass is 182 g/mol. The van der Waals surface area contributed by atoms with Gasteiger partial charge >= 0.3 is 5.97 Å². The maximum atomic E-state index is 11.6. The summed E-state index contributed by atoms with van der Waals surface area (Å²) in [5.41, 5.74) is 0.297. The maximum absolute atomic E-state index is 11.6. The SMILES string of the molecule is CCOC(=O)[C@@H]1CC(C)[C@@H]2C[C@]12C. The highest BCUT2D eigenvalue weighted by molar-refractivity contribution is 5.74. The molecule has 0 radical (unpaired) electrons. The van der Waals surface area contributed by atoms with Crippen molar-refractivity contribution in [3.63, 3.8) is 0 Å². The van der Waals surface area contributed by atoms with E-state index in [0.29, 0.717) is 12.0 Å². The van der Waals surface area contributed by atoms with Gasteiger partial charge in [-0.2, -0.15) is 0 Å². The molecule has 2 nitrogen and oxygen atoms in total. The van der Waals surface area contributed by atoms with Gasteiger partial charge in [-0.05, 0) is 37.0 Å². The summed E-state index contributed by atoms with van der Waals surface area (Å²) in [4.78, 5) is 11.6. The van der Waals surface area contributed by atoms with E-state index < -0.39 is 0 Å². The van der Waals surface area contributed by atoms with E-state index in [9.17, 15) is 4.79 Å². The number of hydrogen-bond acceptors (Lipinski definition) is 2. The van der Waals surface area contributed by atoms with Crippen LogP contribution < -0.4 is 0 Å². The first kappa shape index (κ1) is 9.04. The fourth-order valence-corrected chi connectivity index (χ4v) is 3.08. The average Bonchev–Trinajstić information content (AvgIpc) is 2.68. The highest BCUT2D eigenvalue weighted by Crippen LogP contribution is 2.68. The second-order valence-electron chi connectivity index (χ2n) is 4.83. The van der Waals surface area contributed by atoms with E-state index in [0.717, 1.165) is 18.3 Å². The number of fused-ring (bicyclic) bond motifs is 1. The lowest BCUT2D eigenvalue weighted by Gasteiger charge is -2.17. The molecule has 2 saturated carbocycles. The molecule has 0 bridgehead atoms. The number of rotatable bonds is 2. The van der Waals surface area contributed by atoms with Crippen molar-refractivity contribution in [2.75, 3.05) is 6.61 Å². The van der Waals surface area contributed by atoms with Crippen LogP contribution in [0.25, 0.3) is 0 Å². The maximum Gasteiger partial charge on any atom is 0.309 e. The van der Waals surface area contributed by atoms with Gasteiger partial charge < -0.3 is 4.74 Å². The van der Waals surface area contributed by atoms with Crippen LogP contribution in [0, 0.1) is 23.2 Å². The van der Waals surface area contributed by atoms with E-state index in [1.807, 2.05) is 6.92 Å². The van der Waals surface area contributed by atoms with Crippen LogP contribution in [-0.4, -0.2) is 12.6 Å². The van der Waals surface area contributed by atoms with Crippen LogP contribution in [0.4, 0.5) is 0 Å². The Morgan fingerprint density at radius 2 is 2.31 bits per heavy atom. The molecule has 2 aliphatic carbocycles. The van der Waals surface area contributed by atoms with Crippen molar-refractivity contribution in [1.82, 2.24) is 0 Å². The molecule has 0 aromatic carbocycles. The molecule has 0 amide bonds. The summed E-state index contributed by atoms with van der Waals surface area (Å²) in [6.45, 7) is 6.89. The van der Waals surface area contributed by atoms with E-state index >= 15 is 0 Å². The molecular formula is C11H18O2. The zero-order chi connectivity index (χ0) is 9.64. The fraction of sp³-hybridized carbons (Fsp3) is 0.909. The van der Waals surface area contributed by atoms with Gasteiger partial charge in [0.1, 0.15) is 0 Å². The van der Waals surface area contributed by atoms with Crippen LogP contribution in [0.1, 0.15) is 33.6 Å². The number of carbonyl (C=O) groups excluding carboxylic acids is 1. The van der Waals surface area contributed by atoms with Crippen molar-refractivity contribution in [2.45, 2.75) is 33.6 Å². The van der Waals surface area contributed by atoms with Gasteiger partial charge in [-0.25, -0.2) is 0 Å². The quantitative estimate of drug-likeness (QED) is 0.612. The molecule has 0 heterocycles. The van der Waals surface area contributed by atoms with Crippen LogP contribution in [0.15, 0.2) is 0 Å². The third-order valence-corrected chi connectivity index (χ3v) is 4.01. The molecule has 0 N–H and O–H groups in total. The van der Waals surface area contributed by atoms with Crippen LogP contribution in [0.2, 0.25) is 0 Å². The van der Waals surface area contributed by atoms with Crippen molar-refractivity contribution in [1.29, 1.82) is 0 Å². The van der Waals surface area contributed by atoms with Crippen molar-refractivity contribution >= 4 is 5.97 Å². The summed E-state index contributed by atoms with van der Waals surface area (Å²) in [5.74, 6) is 1.74. The molecule has 0 aliphatic heterocycles. The molecule has 13 heavy (non-hydrogen) atoms.